The van der Waals surface area contributed by atoms with Gasteiger partial charge in [0.25, 0.3) is 0 Å². The first-order valence-corrected chi connectivity index (χ1v) is 9.14. The highest BCUT2D eigenvalue weighted by Gasteiger charge is 2.30. The molecule has 1 amide bonds. The molecule has 1 saturated heterocycles. The molecule has 1 fully saturated rings. The highest BCUT2D eigenvalue weighted by atomic mass is 16.2. The number of carbonyl (C=O) groups is 1. The van der Waals surface area contributed by atoms with Gasteiger partial charge in [-0.1, -0.05) is 32.0 Å². The predicted octanol–water partition coefficient (Wildman–Crippen LogP) is 3.74. The van der Waals surface area contributed by atoms with E-state index in [1.54, 1.807) is 0 Å². The van der Waals surface area contributed by atoms with Crippen LogP contribution < -0.4 is 4.90 Å². The van der Waals surface area contributed by atoms with E-state index in [4.69, 9.17) is 0 Å². The molecule has 132 valence electrons. The molecule has 0 atom stereocenters. The Hall–Kier alpha value is -2.20. The van der Waals surface area contributed by atoms with Gasteiger partial charge in [0.05, 0.1) is 0 Å². The second-order valence-corrected chi connectivity index (χ2v) is 7.06. The molecule has 3 rings (SSSR count). The van der Waals surface area contributed by atoms with Crippen molar-refractivity contribution < 1.29 is 4.79 Å². The summed E-state index contributed by atoms with van der Waals surface area (Å²) in [7, 11) is 0. The average molecular weight is 337 g/mol. The van der Waals surface area contributed by atoms with Crippen LogP contribution in [0.2, 0.25) is 0 Å². The van der Waals surface area contributed by atoms with Crippen LogP contribution in [0.1, 0.15) is 32.3 Å². The molecular formula is C21H27N3O. The number of nitrogens with zero attached hydrogens (tertiary/aromatic N) is 3. The first-order chi connectivity index (χ1) is 12.1. The summed E-state index contributed by atoms with van der Waals surface area (Å²) < 4.78 is 0. The minimum Gasteiger partial charge on any atom is -0.309 e. The van der Waals surface area contributed by atoms with Crippen LogP contribution >= 0.6 is 0 Å². The Morgan fingerprint density at radius 2 is 1.76 bits per heavy atom. The van der Waals surface area contributed by atoms with Gasteiger partial charge in [-0.3, -0.25) is 14.7 Å². The fraction of sp³-hybridized carbons (Fsp3) is 0.429. The molecule has 4 heteroatoms. The van der Waals surface area contributed by atoms with Crippen molar-refractivity contribution in [3.63, 3.8) is 0 Å². The average Bonchev–Trinajstić information content (AvgIpc) is 2.65. The fourth-order valence-electron chi connectivity index (χ4n) is 3.47. The minimum absolute atomic E-state index is 0.00931. The number of anilines is 1. The Labute approximate surface area is 150 Å². The quantitative estimate of drug-likeness (QED) is 0.834. The number of carbonyl (C=O) groups excluding carboxylic acids is 1. The lowest BCUT2D eigenvalue weighted by molar-refractivity contribution is -0.122. The van der Waals surface area contributed by atoms with Gasteiger partial charge in [0.1, 0.15) is 0 Å². The van der Waals surface area contributed by atoms with Crippen molar-refractivity contribution in [2.24, 2.45) is 5.92 Å². The van der Waals surface area contributed by atoms with Crippen molar-refractivity contribution in [2.75, 3.05) is 18.0 Å². The number of hydrogen-bond donors (Lipinski definition) is 0. The minimum atomic E-state index is 0.00931. The van der Waals surface area contributed by atoms with Gasteiger partial charge in [0.2, 0.25) is 5.91 Å². The number of benzene rings is 1. The topological polar surface area (TPSA) is 36.4 Å². The Bertz CT molecular complexity index is 664. The summed E-state index contributed by atoms with van der Waals surface area (Å²) >= 11 is 0. The van der Waals surface area contributed by atoms with Crippen LogP contribution in [-0.4, -0.2) is 34.9 Å². The van der Waals surface area contributed by atoms with E-state index in [0.29, 0.717) is 0 Å². The standard InChI is InChI=1S/C21H27N3O/c1-17(2)21(25)24(19-6-4-3-5-7-19)20-10-14-23(15-11-20)16-18-8-12-22-13-9-18/h3-9,12-13,17,20H,10-11,14-16H2,1-2H3. The Kier molecular flexibility index (Phi) is 5.82. The number of pyridine rings is 1. The van der Waals surface area contributed by atoms with Crippen LogP contribution in [0, 0.1) is 5.92 Å². The Balaban J connectivity index is 1.67. The Morgan fingerprint density at radius 3 is 2.36 bits per heavy atom. The molecule has 1 aromatic carbocycles. The normalized spacial score (nSPS) is 16.1. The predicted molar refractivity (Wildman–Crippen MR) is 101 cm³/mol. The van der Waals surface area contributed by atoms with Gasteiger partial charge in [-0.25, -0.2) is 0 Å². The molecule has 4 nitrogen and oxygen atoms in total. The van der Waals surface area contributed by atoms with E-state index < -0.39 is 0 Å². The third-order valence-corrected chi connectivity index (χ3v) is 4.84. The smallest absolute Gasteiger partial charge is 0.229 e. The summed E-state index contributed by atoms with van der Waals surface area (Å²) in [4.78, 5) is 21.4. The second-order valence-electron chi connectivity index (χ2n) is 7.06. The first-order valence-electron chi connectivity index (χ1n) is 9.14. The number of para-hydroxylation sites is 1. The summed E-state index contributed by atoms with van der Waals surface area (Å²) in [5.41, 5.74) is 2.32. The van der Waals surface area contributed by atoms with Gasteiger partial charge in [-0.05, 0) is 42.7 Å². The van der Waals surface area contributed by atoms with Crippen LogP contribution in [0.15, 0.2) is 54.9 Å². The number of hydrogen-bond acceptors (Lipinski definition) is 3. The lowest BCUT2D eigenvalue weighted by Crippen LogP contribution is -2.48. The molecule has 0 bridgehead atoms. The number of rotatable bonds is 5. The summed E-state index contributed by atoms with van der Waals surface area (Å²) in [5.74, 6) is 0.230. The summed E-state index contributed by atoms with van der Waals surface area (Å²) in [6.07, 6.45) is 5.72. The van der Waals surface area contributed by atoms with Crippen molar-refractivity contribution in [1.29, 1.82) is 0 Å². The van der Waals surface area contributed by atoms with Crippen LogP contribution in [0.3, 0.4) is 0 Å². The zero-order chi connectivity index (χ0) is 17.6. The van der Waals surface area contributed by atoms with Crippen molar-refractivity contribution in [3.05, 3.63) is 60.4 Å². The van der Waals surface area contributed by atoms with Gasteiger partial charge in [-0.2, -0.15) is 0 Å². The van der Waals surface area contributed by atoms with E-state index in [0.717, 1.165) is 38.2 Å². The third-order valence-electron chi connectivity index (χ3n) is 4.84. The first kappa shape index (κ1) is 17.6. The monoisotopic (exact) mass is 337 g/mol. The number of aromatic nitrogens is 1. The van der Waals surface area contributed by atoms with Crippen LogP contribution in [0.25, 0.3) is 0 Å². The highest BCUT2D eigenvalue weighted by Crippen LogP contribution is 2.26. The molecule has 0 saturated carbocycles. The third kappa shape index (κ3) is 4.45. The van der Waals surface area contributed by atoms with Gasteiger partial charge in [0, 0.05) is 49.7 Å². The van der Waals surface area contributed by atoms with E-state index in [2.05, 4.69) is 22.0 Å². The molecule has 2 aromatic rings. The zero-order valence-electron chi connectivity index (χ0n) is 15.1. The molecule has 25 heavy (non-hydrogen) atoms. The highest BCUT2D eigenvalue weighted by molar-refractivity contribution is 5.95. The van der Waals surface area contributed by atoms with E-state index >= 15 is 0 Å². The van der Waals surface area contributed by atoms with E-state index in [1.165, 1.54) is 5.56 Å². The second kappa shape index (κ2) is 8.26. The lowest BCUT2D eigenvalue weighted by Gasteiger charge is -2.39. The zero-order valence-corrected chi connectivity index (χ0v) is 15.1. The van der Waals surface area contributed by atoms with E-state index in [9.17, 15) is 4.79 Å². The molecule has 0 spiro atoms. The van der Waals surface area contributed by atoms with Gasteiger partial charge in [0.15, 0.2) is 0 Å². The van der Waals surface area contributed by atoms with E-state index in [1.807, 2.05) is 61.5 Å². The molecule has 2 heterocycles. The SMILES string of the molecule is CC(C)C(=O)N(c1ccccc1)C1CCN(Cc2ccncc2)CC1. The molecule has 1 aliphatic heterocycles. The summed E-state index contributed by atoms with van der Waals surface area (Å²) in [5, 5.41) is 0. The number of piperidine rings is 1. The molecule has 0 aliphatic carbocycles. The summed E-state index contributed by atoms with van der Waals surface area (Å²) in [6.45, 7) is 6.95. The lowest BCUT2D eigenvalue weighted by atomic mass is 9.99. The molecule has 0 unspecified atom stereocenters. The fourth-order valence-corrected chi connectivity index (χ4v) is 3.47. The molecule has 1 aromatic heterocycles. The van der Waals surface area contributed by atoms with Gasteiger partial charge < -0.3 is 4.90 Å². The van der Waals surface area contributed by atoms with Crippen LogP contribution in [0.5, 0.6) is 0 Å². The molecule has 0 radical (unpaired) electrons. The van der Waals surface area contributed by atoms with Crippen molar-refractivity contribution >= 4 is 11.6 Å². The molecule has 1 aliphatic rings. The van der Waals surface area contributed by atoms with Gasteiger partial charge in [-0.15, -0.1) is 0 Å². The maximum absolute atomic E-state index is 12.8. The van der Waals surface area contributed by atoms with Crippen molar-refractivity contribution in [3.8, 4) is 0 Å². The Morgan fingerprint density at radius 1 is 1.12 bits per heavy atom. The molecular weight excluding hydrogens is 310 g/mol. The summed E-state index contributed by atoms with van der Waals surface area (Å²) in [6, 6.07) is 14.5. The van der Waals surface area contributed by atoms with Crippen LogP contribution in [-0.2, 0) is 11.3 Å². The largest absolute Gasteiger partial charge is 0.309 e. The van der Waals surface area contributed by atoms with Gasteiger partial charge >= 0.3 is 0 Å². The number of likely N-dealkylation sites (tertiary alicyclic amines) is 1. The maximum Gasteiger partial charge on any atom is 0.229 e. The molecule has 0 N–H and O–H groups in total. The maximum atomic E-state index is 12.8. The van der Waals surface area contributed by atoms with Crippen molar-refractivity contribution in [1.82, 2.24) is 9.88 Å². The number of amides is 1. The van der Waals surface area contributed by atoms with E-state index in [-0.39, 0.29) is 17.9 Å². The van der Waals surface area contributed by atoms with Crippen LogP contribution in [0.4, 0.5) is 5.69 Å². The van der Waals surface area contributed by atoms with Crippen molar-refractivity contribution in [2.45, 2.75) is 39.3 Å².